The van der Waals surface area contributed by atoms with E-state index < -0.39 is 11.9 Å². The molecule has 1 aromatic rings. The highest BCUT2D eigenvalue weighted by Gasteiger charge is 2.18. The quantitative estimate of drug-likeness (QED) is 0.732. The third kappa shape index (κ3) is 6.95. The monoisotopic (exact) mass is 347 g/mol. The van der Waals surface area contributed by atoms with Crippen LogP contribution in [-0.2, 0) is 15.0 Å². The summed E-state index contributed by atoms with van der Waals surface area (Å²) in [6.07, 6.45) is 0. The highest BCUT2D eigenvalue weighted by atomic mass is 16.2. The Bertz CT molecular complexity index is 616. The topological polar surface area (TPSA) is 87.3 Å². The molecule has 1 rings (SSSR count). The van der Waals surface area contributed by atoms with Crippen molar-refractivity contribution in [3.05, 3.63) is 35.4 Å². The normalized spacial score (nSPS) is 12.4. The number of amides is 3. The summed E-state index contributed by atoms with van der Waals surface area (Å²) in [5.41, 5.74) is 1.63. The van der Waals surface area contributed by atoms with E-state index in [4.69, 9.17) is 0 Å². The van der Waals surface area contributed by atoms with E-state index in [1.54, 1.807) is 19.1 Å². The van der Waals surface area contributed by atoms with Crippen molar-refractivity contribution >= 4 is 17.7 Å². The molecule has 0 aliphatic rings. The average Bonchev–Trinajstić information content (AvgIpc) is 2.51. The van der Waals surface area contributed by atoms with Gasteiger partial charge < -0.3 is 16.0 Å². The van der Waals surface area contributed by atoms with Gasteiger partial charge in [0.25, 0.3) is 5.91 Å². The van der Waals surface area contributed by atoms with Crippen LogP contribution >= 0.6 is 0 Å². The highest BCUT2D eigenvalue weighted by Crippen LogP contribution is 2.22. The molecule has 6 heteroatoms. The third-order valence-electron chi connectivity index (χ3n) is 3.63. The van der Waals surface area contributed by atoms with Crippen LogP contribution in [0, 0.1) is 0 Å². The third-order valence-corrected chi connectivity index (χ3v) is 3.63. The van der Waals surface area contributed by atoms with Gasteiger partial charge >= 0.3 is 0 Å². The largest absolute Gasteiger partial charge is 0.352 e. The van der Waals surface area contributed by atoms with Crippen LogP contribution in [0.3, 0.4) is 0 Å². The lowest BCUT2D eigenvalue weighted by Crippen LogP contribution is -2.48. The number of carbonyl (C=O) groups excluding carboxylic acids is 3. The zero-order valence-corrected chi connectivity index (χ0v) is 15.9. The van der Waals surface area contributed by atoms with E-state index in [9.17, 15) is 14.4 Å². The molecule has 0 saturated carbocycles. The standard InChI is InChI=1S/C19H29N3O3/c1-12(2)21-16(23)11-20-17(24)13(3)22-18(25)14-7-9-15(10-8-14)19(4,5)6/h7-10,12-13H,11H2,1-6H3,(H,20,24)(H,21,23)(H,22,25). The molecule has 0 radical (unpaired) electrons. The number of benzene rings is 1. The number of carbonyl (C=O) groups is 3. The maximum Gasteiger partial charge on any atom is 0.251 e. The van der Waals surface area contributed by atoms with Gasteiger partial charge in [-0.15, -0.1) is 0 Å². The van der Waals surface area contributed by atoms with Crippen molar-refractivity contribution in [1.29, 1.82) is 0 Å². The molecule has 3 amide bonds. The summed E-state index contributed by atoms with van der Waals surface area (Å²) < 4.78 is 0. The van der Waals surface area contributed by atoms with E-state index in [1.165, 1.54) is 0 Å². The molecule has 138 valence electrons. The van der Waals surface area contributed by atoms with Crippen LogP contribution in [0.4, 0.5) is 0 Å². The minimum atomic E-state index is -0.735. The van der Waals surface area contributed by atoms with Crippen LogP contribution in [0.25, 0.3) is 0 Å². The first-order chi connectivity index (χ1) is 11.5. The molecular weight excluding hydrogens is 318 g/mol. The molecule has 3 N–H and O–H groups in total. The van der Waals surface area contributed by atoms with E-state index in [0.717, 1.165) is 5.56 Å². The van der Waals surface area contributed by atoms with Crippen molar-refractivity contribution in [3.8, 4) is 0 Å². The van der Waals surface area contributed by atoms with E-state index in [2.05, 4.69) is 36.7 Å². The molecule has 0 fully saturated rings. The summed E-state index contributed by atoms with van der Waals surface area (Å²) in [5, 5.41) is 7.82. The molecule has 0 bridgehead atoms. The lowest BCUT2D eigenvalue weighted by atomic mass is 9.86. The summed E-state index contributed by atoms with van der Waals surface area (Å²) >= 11 is 0. The maximum absolute atomic E-state index is 12.2. The Labute approximate surface area is 149 Å². The Hall–Kier alpha value is -2.37. The van der Waals surface area contributed by atoms with Crippen molar-refractivity contribution in [2.45, 2.75) is 59.0 Å². The van der Waals surface area contributed by atoms with Crippen molar-refractivity contribution in [3.63, 3.8) is 0 Å². The van der Waals surface area contributed by atoms with Gasteiger partial charge in [-0.25, -0.2) is 0 Å². The molecule has 0 aliphatic carbocycles. The van der Waals surface area contributed by atoms with Gasteiger partial charge in [-0.05, 0) is 43.9 Å². The van der Waals surface area contributed by atoms with Gasteiger partial charge in [0.1, 0.15) is 6.04 Å². The first-order valence-electron chi connectivity index (χ1n) is 8.49. The van der Waals surface area contributed by atoms with Crippen molar-refractivity contribution in [2.24, 2.45) is 0 Å². The van der Waals surface area contributed by atoms with Gasteiger partial charge in [-0.1, -0.05) is 32.9 Å². The molecule has 1 aromatic carbocycles. The van der Waals surface area contributed by atoms with Crippen LogP contribution < -0.4 is 16.0 Å². The summed E-state index contributed by atoms with van der Waals surface area (Å²) in [6, 6.07) is 6.60. The van der Waals surface area contributed by atoms with E-state index >= 15 is 0 Å². The van der Waals surface area contributed by atoms with Gasteiger partial charge in [-0.3, -0.25) is 14.4 Å². The van der Waals surface area contributed by atoms with E-state index in [-0.39, 0.29) is 29.8 Å². The van der Waals surface area contributed by atoms with E-state index in [0.29, 0.717) is 5.56 Å². The molecule has 0 aromatic heterocycles. The molecule has 0 aliphatic heterocycles. The summed E-state index contributed by atoms with van der Waals surface area (Å²) in [4.78, 5) is 35.7. The Morgan fingerprint density at radius 3 is 2.00 bits per heavy atom. The fraction of sp³-hybridized carbons (Fsp3) is 0.526. The van der Waals surface area contributed by atoms with Crippen molar-refractivity contribution < 1.29 is 14.4 Å². The molecule has 1 unspecified atom stereocenters. The fourth-order valence-electron chi connectivity index (χ4n) is 2.16. The Kier molecular flexibility index (Phi) is 7.15. The number of hydrogen-bond acceptors (Lipinski definition) is 3. The lowest BCUT2D eigenvalue weighted by molar-refractivity contribution is -0.127. The van der Waals surface area contributed by atoms with Crippen LogP contribution in [0.15, 0.2) is 24.3 Å². The molecule has 1 atom stereocenters. The Morgan fingerprint density at radius 2 is 1.52 bits per heavy atom. The van der Waals surface area contributed by atoms with Crippen LogP contribution in [0.2, 0.25) is 0 Å². The molecule has 0 saturated heterocycles. The van der Waals surface area contributed by atoms with Crippen LogP contribution in [0.5, 0.6) is 0 Å². The Morgan fingerprint density at radius 1 is 0.960 bits per heavy atom. The minimum absolute atomic E-state index is 0.0117. The second-order valence-corrected chi connectivity index (χ2v) is 7.46. The molecule has 6 nitrogen and oxygen atoms in total. The zero-order valence-electron chi connectivity index (χ0n) is 15.9. The van der Waals surface area contributed by atoms with E-state index in [1.807, 2.05) is 26.0 Å². The van der Waals surface area contributed by atoms with Crippen LogP contribution in [0.1, 0.15) is 57.5 Å². The van der Waals surface area contributed by atoms with Crippen molar-refractivity contribution in [1.82, 2.24) is 16.0 Å². The first kappa shape index (κ1) is 20.7. The number of hydrogen-bond donors (Lipinski definition) is 3. The smallest absolute Gasteiger partial charge is 0.251 e. The maximum atomic E-state index is 12.2. The SMILES string of the molecule is CC(C)NC(=O)CNC(=O)C(C)NC(=O)c1ccc(C(C)(C)C)cc1. The molecular formula is C19H29N3O3. The molecule has 25 heavy (non-hydrogen) atoms. The fourth-order valence-corrected chi connectivity index (χ4v) is 2.16. The first-order valence-corrected chi connectivity index (χ1v) is 8.49. The van der Waals surface area contributed by atoms with Crippen LogP contribution in [-0.4, -0.2) is 36.3 Å². The number of rotatable bonds is 6. The van der Waals surface area contributed by atoms with Gasteiger partial charge in [0.05, 0.1) is 6.54 Å². The lowest BCUT2D eigenvalue weighted by Gasteiger charge is -2.19. The van der Waals surface area contributed by atoms with Gasteiger partial charge in [-0.2, -0.15) is 0 Å². The second-order valence-electron chi connectivity index (χ2n) is 7.46. The molecule has 0 spiro atoms. The minimum Gasteiger partial charge on any atom is -0.352 e. The predicted octanol–water partition coefficient (Wildman–Crippen LogP) is 1.74. The van der Waals surface area contributed by atoms with Gasteiger partial charge in [0, 0.05) is 11.6 Å². The van der Waals surface area contributed by atoms with Crippen molar-refractivity contribution in [2.75, 3.05) is 6.54 Å². The second kappa shape index (κ2) is 8.65. The number of nitrogens with one attached hydrogen (secondary N) is 3. The Balaban J connectivity index is 2.55. The summed E-state index contributed by atoms with van der Waals surface area (Å²) in [5.74, 6) is -0.993. The zero-order chi connectivity index (χ0) is 19.2. The predicted molar refractivity (Wildman–Crippen MR) is 98.4 cm³/mol. The van der Waals surface area contributed by atoms with Gasteiger partial charge in [0.15, 0.2) is 0 Å². The summed E-state index contributed by atoms with van der Waals surface area (Å²) in [6.45, 7) is 11.5. The summed E-state index contributed by atoms with van der Waals surface area (Å²) in [7, 11) is 0. The highest BCUT2D eigenvalue weighted by molar-refractivity contribution is 5.97. The average molecular weight is 347 g/mol. The van der Waals surface area contributed by atoms with Gasteiger partial charge in [0.2, 0.25) is 11.8 Å². The molecule has 0 heterocycles.